The number of carbonyl (C=O) groups excluding carboxylic acids is 4. The fourth-order valence-corrected chi connectivity index (χ4v) is 5.09. The maximum Gasteiger partial charge on any atom is 0.324 e. The van der Waals surface area contributed by atoms with Gasteiger partial charge in [0, 0.05) is 25.2 Å². The van der Waals surface area contributed by atoms with E-state index < -0.39 is 40.6 Å². The molecule has 2 aliphatic rings. The lowest BCUT2D eigenvalue weighted by Gasteiger charge is -2.33. The van der Waals surface area contributed by atoms with E-state index in [4.69, 9.17) is 4.74 Å². The first-order chi connectivity index (χ1) is 14.2. The maximum absolute atomic E-state index is 13.1. The number of carbonyl (C=O) groups is 4. The molecule has 30 heavy (non-hydrogen) atoms. The Morgan fingerprint density at radius 3 is 2.43 bits per heavy atom. The van der Waals surface area contributed by atoms with Gasteiger partial charge in [0.1, 0.15) is 6.04 Å². The summed E-state index contributed by atoms with van der Waals surface area (Å²) in [5.74, 6) is -1.68. The van der Waals surface area contributed by atoms with E-state index in [-0.39, 0.29) is 30.2 Å². The van der Waals surface area contributed by atoms with Crippen molar-refractivity contribution >= 4 is 33.7 Å². The molecule has 162 valence electrons. The molecule has 0 radical (unpaired) electrons. The van der Waals surface area contributed by atoms with Gasteiger partial charge >= 0.3 is 12.0 Å². The fourth-order valence-electron chi connectivity index (χ4n) is 3.44. The van der Waals surface area contributed by atoms with Crippen LogP contribution in [0.15, 0.2) is 29.2 Å². The number of esters is 1. The molecule has 2 aliphatic heterocycles. The second-order valence-electron chi connectivity index (χ2n) is 7.09. The molecular weight excluding hydrogens is 414 g/mol. The molecule has 0 spiro atoms. The zero-order chi connectivity index (χ0) is 21.9. The molecule has 1 unspecified atom stereocenters. The van der Waals surface area contributed by atoms with Crippen molar-refractivity contribution in [3.8, 4) is 0 Å². The molecule has 11 heteroatoms. The van der Waals surface area contributed by atoms with Gasteiger partial charge in [0.25, 0.3) is 5.91 Å². The molecule has 3 amide bonds. The molecule has 1 atom stereocenters. The van der Waals surface area contributed by atoms with Gasteiger partial charge in [0.2, 0.25) is 10.0 Å². The lowest BCUT2D eigenvalue weighted by molar-refractivity contribution is -0.154. The number of hydrogen-bond acceptors (Lipinski definition) is 7. The third-order valence-electron chi connectivity index (χ3n) is 5.09. The molecule has 0 aliphatic carbocycles. The number of benzene rings is 1. The van der Waals surface area contributed by atoms with Crippen molar-refractivity contribution < 1.29 is 32.3 Å². The highest BCUT2D eigenvalue weighted by molar-refractivity contribution is 7.89. The van der Waals surface area contributed by atoms with Gasteiger partial charge in [-0.15, -0.1) is 0 Å². The minimum atomic E-state index is -4.00. The predicted octanol–water partition coefficient (Wildman–Crippen LogP) is 0.527. The first kappa shape index (κ1) is 21.9. The normalized spacial score (nSPS) is 20.0. The number of piperidine rings is 1. The largest absolute Gasteiger partial charge is 0.454 e. The van der Waals surface area contributed by atoms with Crippen LogP contribution < -0.4 is 5.32 Å². The topological polar surface area (TPSA) is 130 Å². The van der Waals surface area contributed by atoms with Crippen LogP contribution in [-0.4, -0.2) is 73.6 Å². The summed E-state index contributed by atoms with van der Waals surface area (Å²) in [4.78, 5) is 48.5. The number of rotatable bonds is 6. The summed E-state index contributed by atoms with van der Waals surface area (Å²) < 4.78 is 32.3. The molecule has 10 nitrogen and oxygen atoms in total. The van der Waals surface area contributed by atoms with E-state index in [1.807, 2.05) is 0 Å². The number of hydrogen-bond donors (Lipinski definition) is 1. The number of amides is 3. The number of urea groups is 1. The van der Waals surface area contributed by atoms with Crippen LogP contribution in [0.5, 0.6) is 0 Å². The van der Waals surface area contributed by atoms with Crippen molar-refractivity contribution in [3.05, 3.63) is 29.8 Å². The third kappa shape index (κ3) is 4.51. The first-order valence-corrected chi connectivity index (χ1v) is 11.0. The van der Waals surface area contributed by atoms with Crippen LogP contribution in [0.4, 0.5) is 4.79 Å². The van der Waals surface area contributed by atoms with Crippen molar-refractivity contribution in [2.75, 3.05) is 26.2 Å². The Bertz CT molecular complexity index is 959. The van der Waals surface area contributed by atoms with Crippen LogP contribution in [0.2, 0.25) is 0 Å². The Hall–Kier alpha value is -2.79. The molecule has 1 aromatic rings. The lowest BCUT2D eigenvalue weighted by atomic mass is 10.1. The summed E-state index contributed by atoms with van der Waals surface area (Å²) in [6.07, 6.45) is 1.49. The number of ketones is 1. The van der Waals surface area contributed by atoms with Crippen LogP contribution in [-0.2, 0) is 24.3 Å². The van der Waals surface area contributed by atoms with Gasteiger partial charge in [-0.25, -0.2) is 13.2 Å². The SMILES string of the molecule is CC(=O)c1ccc(S(=O)(=O)N2CCCCC2C(=O)OCC(=O)N2CCNC2=O)cc1. The third-order valence-corrected chi connectivity index (χ3v) is 7.01. The van der Waals surface area contributed by atoms with Gasteiger partial charge in [-0.1, -0.05) is 12.1 Å². The van der Waals surface area contributed by atoms with E-state index in [0.29, 0.717) is 24.9 Å². The first-order valence-electron chi connectivity index (χ1n) is 9.59. The van der Waals surface area contributed by atoms with E-state index in [1.54, 1.807) is 0 Å². The van der Waals surface area contributed by atoms with Gasteiger partial charge in [0.05, 0.1) is 4.90 Å². The summed E-state index contributed by atoms with van der Waals surface area (Å²) in [6, 6.07) is 3.90. The van der Waals surface area contributed by atoms with E-state index in [9.17, 15) is 27.6 Å². The molecule has 1 N–H and O–H groups in total. The molecule has 3 rings (SSSR count). The Morgan fingerprint density at radius 2 is 1.83 bits per heavy atom. The quantitative estimate of drug-likeness (QED) is 0.507. The maximum atomic E-state index is 13.1. The summed E-state index contributed by atoms with van der Waals surface area (Å²) in [5.41, 5.74) is 0.382. The second kappa shape index (κ2) is 8.92. The minimum Gasteiger partial charge on any atom is -0.454 e. The van der Waals surface area contributed by atoms with Crippen molar-refractivity contribution in [1.29, 1.82) is 0 Å². The molecule has 0 aromatic heterocycles. The number of Topliss-reactive ketones (excluding diaryl/α,β-unsaturated/α-hetero) is 1. The van der Waals surface area contributed by atoms with Gasteiger partial charge in [-0.05, 0) is 38.3 Å². The summed E-state index contributed by atoms with van der Waals surface area (Å²) >= 11 is 0. The van der Waals surface area contributed by atoms with E-state index in [2.05, 4.69) is 5.32 Å². The van der Waals surface area contributed by atoms with Gasteiger partial charge in [-0.3, -0.25) is 19.3 Å². The van der Waals surface area contributed by atoms with Crippen LogP contribution in [0.1, 0.15) is 36.5 Å². The molecule has 2 fully saturated rings. The van der Waals surface area contributed by atoms with E-state index in [1.165, 1.54) is 31.2 Å². The van der Waals surface area contributed by atoms with Crippen molar-refractivity contribution in [2.45, 2.75) is 37.1 Å². The Balaban J connectivity index is 1.71. The zero-order valence-electron chi connectivity index (χ0n) is 16.5. The van der Waals surface area contributed by atoms with Gasteiger partial charge in [0.15, 0.2) is 12.4 Å². The predicted molar refractivity (Wildman–Crippen MR) is 104 cm³/mol. The molecule has 2 saturated heterocycles. The Morgan fingerprint density at radius 1 is 1.13 bits per heavy atom. The summed E-state index contributed by atoms with van der Waals surface area (Å²) in [5, 5.41) is 2.47. The van der Waals surface area contributed by atoms with Crippen LogP contribution in [0.3, 0.4) is 0 Å². The Labute approximate surface area is 174 Å². The van der Waals surface area contributed by atoms with Crippen LogP contribution in [0, 0.1) is 0 Å². The fraction of sp³-hybridized carbons (Fsp3) is 0.474. The second-order valence-corrected chi connectivity index (χ2v) is 8.98. The molecular formula is C19H23N3O7S. The zero-order valence-corrected chi connectivity index (χ0v) is 17.3. The number of sulfonamides is 1. The average molecular weight is 437 g/mol. The van der Waals surface area contributed by atoms with Gasteiger partial charge in [-0.2, -0.15) is 4.31 Å². The highest BCUT2D eigenvalue weighted by Gasteiger charge is 2.39. The molecule has 1 aromatic carbocycles. The monoisotopic (exact) mass is 437 g/mol. The van der Waals surface area contributed by atoms with Crippen molar-refractivity contribution in [3.63, 3.8) is 0 Å². The Kier molecular flexibility index (Phi) is 6.52. The van der Waals surface area contributed by atoms with Crippen LogP contribution >= 0.6 is 0 Å². The number of nitrogens with zero attached hydrogens (tertiary/aromatic N) is 2. The molecule has 2 heterocycles. The minimum absolute atomic E-state index is 0.0305. The van der Waals surface area contributed by atoms with E-state index >= 15 is 0 Å². The summed E-state index contributed by atoms with van der Waals surface area (Å²) in [6.45, 7) is 1.40. The number of nitrogens with one attached hydrogen (secondary N) is 1. The molecule has 0 saturated carbocycles. The standard InChI is InChI=1S/C19H23N3O7S/c1-13(23)14-5-7-15(8-6-14)30(27,28)22-10-3-2-4-16(22)18(25)29-12-17(24)21-11-9-20-19(21)26/h5-8,16H,2-4,9-12H2,1H3,(H,20,26). The smallest absolute Gasteiger partial charge is 0.324 e. The number of ether oxygens (including phenoxy) is 1. The highest BCUT2D eigenvalue weighted by atomic mass is 32.2. The van der Waals surface area contributed by atoms with E-state index in [0.717, 1.165) is 9.21 Å². The lowest BCUT2D eigenvalue weighted by Crippen LogP contribution is -2.49. The van der Waals surface area contributed by atoms with Gasteiger partial charge < -0.3 is 10.1 Å². The van der Waals surface area contributed by atoms with Crippen molar-refractivity contribution in [1.82, 2.24) is 14.5 Å². The highest BCUT2D eigenvalue weighted by Crippen LogP contribution is 2.26. The average Bonchev–Trinajstić information content (AvgIpc) is 3.17. The van der Waals surface area contributed by atoms with Crippen LogP contribution in [0.25, 0.3) is 0 Å². The number of imide groups is 1. The summed E-state index contributed by atoms with van der Waals surface area (Å²) in [7, 11) is -4.00. The van der Waals surface area contributed by atoms with Crippen molar-refractivity contribution in [2.24, 2.45) is 0 Å². The molecule has 0 bridgehead atoms.